The molecule has 8 nitrogen and oxygen atoms in total. The number of aromatic nitrogens is 3. The SMILES string of the molecule is C#CCN(C[C@@H]1CCCO1)C(=O)NCCCn1nc2n(c1=O)CCCC2. The van der Waals surface area contributed by atoms with Gasteiger partial charge in [-0.1, -0.05) is 5.92 Å². The molecule has 3 rings (SSSR count). The Morgan fingerprint density at radius 1 is 1.42 bits per heavy atom. The lowest BCUT2D eigenvalue weighted by molar-refractivity contribution is 0.0846. The second kappa shape index (κ2) is 8.90. The Balaban J connectivity index is 1.44. The zero-order valence-electron chi connectivity index (χ0n) is 15.2. The molecule has 3 heterocycles. The first-order valence-corrected chi connectivity index (χ1v) is 9.43. The summed E-state index contributed by atoms with van der Waals surface area (Å²) in [5.74, 6) is 3.40. The monoisotopic (exact) mass is 361 g/mol. The molecule has 0 unspecified atom stereocenters. The number of nitrogens with one attached hydrogen (secondary N) is 1. The molecule has 1 saturated heterocycles. The number of hydrogen-bond donors (Lipinski definition) is 1. The average molecular weight is 361 g/mol. The van der Waals surface area contributed by atoms with E-state index in [1.807, 2.05) is 0 Å². The van der Waals surface area contributed by atoms with Crippen LogP contribution in [-0.2, 0) is 24.2 Å². The fourth-order valence-electron chi connectivity index (χ4n) is 3.49. The van der Waals surface area contributed by atoms with E-state index in [2.05, 4.69) is 16.3 Å². The second-order valence-corrected chi connectivity index (χ2v) is 6.84. The lowest BCUT2D eigenvalue weighted by Crippen LogP contribution is -2.44. The summed E-state index contributed by atoms with van der Waals surface area (Å²) in [7, 11) is 0. The van der Waals surface area contributed by atoms with Crippen molar-refractivity contribution in [2.24, 2.45) is 0 Å². The molecule has 0 bridgehead atoms. The highest BCUT2D eigenvalue weighted by molar-refractivity contribution is 5.74. The van der Waals surface area contributed by atoms with Crippen LogP contribution >= 0.6 is 0 Å². The Kier molecular flexibility index (Phi) is 6.34. The van der Waals surface area contributed by atoms with E-state index in [1.165, 1.54) is 4.68 Å². The number of carbonyl (C=O) groups is 1. The largest absolute Gasteiger partial charge is 0.376 e. The minimum absolute atomic E-state index is 0.0432. The van der Waals surface area contributed by atoms with Gasteiger partial charge in [-0.2, -0.15) is 5.10 Å². The lowest BCUT2D eigenvalue weighted by Gasteiger charge is -2.23. The maximum Gasteiger partial charge on any atom is 0.345 e. The molecule has 0 radical (unpaired) electrons. The summed E-state index contributed by atoms with van der Waals surface area (Å²) in [5.41, 5.74) is -0.0432. The molecule has 2 aliphatic rings. The van der Waals surface area contributed by atoms with Crippen molar-refractivity contribution in [2.45, 2.75) is 57.7 Å². The molecule has 0 aromatic carbocycles. The van der Waals surface area contributed by atoms with Crippen molar-refractivity contribution in [3.63, 3.8) is 0 Å². The zero-order valence-corrected chi connectivity index (χ0v) is 15.2. The van der Waals surface area contributed by atoms with Crippen LogP contribution in [0.5, 0.6) is 0 Å². The Morgan fingerprint density at radius 2 is 2.31 bits per heavy atom. The summed E-state index contributed by atoms with van der Waals surface area (Å²) >= 11 is 0. The van der Waals surface area contributed by atoms with E-state index in [1.54, 1.807) is 9.47 Å². The summed E-state index contributed by atoms with van der Waals surface area (Å²) < 4.78 is 8.85. The van der Waals surface area contributed by atoms with Crippen molar-refractivity contribution in [3.05, 3.63) is 16.3 Å². The minimum Gasteiger partial charge on any atom is -0.376 e. The highest BCUT2D eigenvalue weighted by Gasteiger charge is 2.22. The maximum absolute atomic E-state index is 12.3. The van der Waals surface area contributed by atoms with Gasteiger partial charge in [-0.3, -0.25) is 4.57 Å². The fraction of sp³-hybridized carbons (Fsp3) is 0.722. The van der Waals surface area contributed by atoms with E-state index in [4.69, 9.17) is 11.2 Å². The number of aryl methyl sites for hydroxylation is 2. The van der Waals surface area contributed by atoms with E-state index >= 15 is 0 Å². The number of terminal acetylenes is 1. The second-order valence-electron chi connectivity index (χ2n) is 6.84. The van der Waals surface area contributed by atoms with Crippen molar-refractivity contribution >= 4 is 6.03 Å². The van der Waals surface area contributed by atoms with E-state index in [0.29, 0.717) is 26.1 Å². The first kappa shape index (κ1) is 18.5. The smallest absolute Gasteiger partial charge is 0.345 e. The van der Waals surface area contributed by atoms with Gasteiger partial charge in [0.25, 0.3) is 0 Å². The van der Waals surface area contributed by atoms with Crippen LogP contribution < -0.4 is 11.0 Å². The third-order valence-corrected chi connectivity index (χ3v) is 4.87. The zero-order chi connectivity index (χ0) is 18.4. The van der Waals surface area contributed by atoms with Crippen LogP contribution in [0.2, 0.25) is 0 Å². The first-order valence-electron chi connectivity index (χ1n) is 9.43. The molecule has 1 aromatic heterocycles. The number of carbonyl (C=O) groups excluding carboxylic acids is 1. The quantitative estimate of drug-likeness (QED) is 0.569. The van der Waals surface area contributed by atoms with Crippen LogP contribution in [0.25, 0.3) is 0 Å². The maximum atomic E-state index is 12.3. The molecule has 0 spiro atoms. The lowest BCUT2D eigenvalue weighted by atomic mass is 10.2. The molecular formula is C18H27N5O3. The van der Waals surface area contributed by atoms with Crippen molar-refractivity contribution in [1.82, 2.24) is 24.6 Å². The Labute approximate surface area is 153 Å². The van der Waals surface area contributed by atoms with Gasteiger partial charge in [0.15, 0.2) is 0 Å². The molecule has 26 heavy (non-hydrogen) atoms. The molecule has 2 aliphatic heterocycles. The Bertz CT molecular complexity index is 711. The van der Waals surface area contributed by atoms with Gasteiger partial charge in [0.2, 0.25) is 0 Å². The van der Waals surface area contributed by atoms with Gasteiger partial charge in [0.1, 0.15) is 5.82 Å². The summed E-state index contributed by atoms with van der Waals surface area (Å²) in [5, 5.41) is 7.28. The average Bonchev–Trinajstić information content (AvgIpc) is 3.27. The van der Waals surface area contributed by atoms with Crippen LogP contribution in [0.1, 0.15) is 37.9 Å². The van der Waals surface area contributed by atoms with Gasteiger partial charge in [0, 0.05) is 39.2 Å². The number of ether oxygens (including phenoxy) is 1. The summed E-state index contributed by atoms with van der Waals surface area (Å²) in [6.45, 7) is 3.26. The van der Waals surface area contributed by atoms with Crippen LogP contribution in [0.15, 0.2) is 4.79 Å². The van der Waals surface area contributed by atoms with Crippen LogP contribution in [0.4, 0.5) is 4.79 Å². The molecule has 142 valence electrons. The number of fused-ring (bicyclic) bond motifs is 1. The molecule has 1 fully saturated rings. The predicted molar refractivity (Wildman–Crippen MR) is 96.8 cm³/mol. The van der Waals surface area contributed by atoms with Crippen molar-refractivity contribution < 1.29 is 9.53 Å². The third-order valence-electron chi connectivity index (χ3n) is 4.87. The molecular weight excluding hydrogens is 334 g/mol. The number of rotatable bonds is 7. The molecule has 8 heteroatoms. The standard InChI is InChI=1S/C18H27N5O3/c1-2-10-21(14-15-7-5-13-26-15)17(24)19-9-6-12-23-18(25)22-11-4-3-8-16(22)20-23/h1,15H,3-14H2,(H,19,24)/t15-/m0/s1. The van der Waals surface area contributed by atoms with Crippen LogP contribution in [-0.4, -0.2) is 57.6 Å². The summed E-state index contributed by atoms with van der Waals surface area (Å²) in [6.07, 6.45) is 11.1. The highest BCUT2D eigenvalue weighted by Crippen LogP contribution is 2.13. The number of nitrogens with zero attached hydrogens (tertiary/aromatic N) is 4. The van der Waals surface area contributed by atoms with Crippen molar-refractivity contribution in [2.75, 3.05) is 26.2 Å². The van der Waals surface area contributed by atoms with Crippen LogP contribution in [0.3, 0.4) is 0 Å². The molecule has 2 amide bonds. The minimum atomic E-state index is -0.185. The van der Waals surface area contributed by atoms with Gasteiger partial charge in [0.05, 0.1) is 12.6 Å². The number of hydrogen-bond acceptors (Lipinski definition) is 4. The van der Waals surface area contributed by atoms with Gasteiger partial charge >= 0.3 is 11.7 Å². The van der Waals surface area contributed by atoms with Crippen molar-refractivity contribution in [3.8, 4) is 12.3 Å². The van der Waals surface area contributed by atoms with Crippen LogP contribution in [0, 0.1) is 12.3 Å². The van der Waals surface area contributed by atoms with Gasteiger partial charge in [-0.05, 0) is 32.1 Å². The predicted octanol–water partition coefficient (Wildman–Crippen LogP) is 0.595. The summed E-state index contributed by atoms with van der Waals surface area (Å²) in [6, 6.07) is -0.185. The normalized spacial score (nSPS) is 19.0. The van der Waals surface area contributed by atoms with Gasteiger partial charge < -0.3 is 15.0 Å². The van der Waals surface area contributed by atoms with Gasteiger partial charge in [-0.25, -0.2) is 14.3 Å². The number of urea groups is 1. The molecule has 1 atom stereocenters. The molecule has 0 saturated carbocycles. The Morgan fingerprint density at radius 3 is 3.04 bits per heavy atom. The van der Waals surface area contributed by atoms with E-state index < -0.39 is 0 Å². The number of amides is 2. The van der Waals surface area contributed by atoms with E-state index in [-0.39, 0.29) is 24.4 Å². The molecule has 1 aromatic rings. The summed E-state index contributed by atoms with van der Waals surface area (Å²) in [4.78, 5) is 26.2. The molecule has 1 N–H and O–H groups in total. The van der Waals surface area contributed by atoms with Gasteiger partial charge in [-0.15, -0.1) is 6.42 Å². The van der Waals surface area contributed by atoms with E-state index in [0.717, 1.165) is 51.1 Å². The van der Waals surface area contributed by atoms with Crippen molar-refractivity contribution in [1.29, 1.82) is 0 Å². The Hall–Kier alpha value is -2.27. The fourth-order valence-corrected chi connectivity index (χ4v) is 3.49. The third kappa shape index (κ3) is 4.47. The topological polar surface area (TPSA) is 81.4 Å². The molecule has 0 aliphatic carbocycles. The first-order chi connectivity index (χ1) is 12.7. The van der Waals surface area contributed by atoms with E-state index in [9.17, 15) is 9.59 Å². The highest BCUT2D eigenvalue weighted by atomic mass is 16.5.